The Morgan fingerprint density at radius 1 is 1.29 bits per heavy atom. The van der Waals surface area contributed by atoms with E-state index in [4.69, 9.17) is 16.3 Å². The van der Waals surface area contributed by atoms with Gasteiger partial charge in [0.2, 0.25) is 0 Å². The van der Waals surface area contributed by atoms with Gasteiger partial charge in [-0.2, -0.15) is 0 Å². The molecule has 0 spiro atoms. The van der Waals surface area contributed by atoms with E-state index in [1.54, 1.807) is 23.6 Å². The Morgan fingerprint density at radius 3 is 2.68 bits per heavy atom. The molecule has 1 aliphatic heterocycles. The maximum absolute atomic E-state index is 13.2. The van der Waals surface area contributed by atoms with Crippen LogP contribution in [0.5, 0.6) is 0 Å². The molecule has 3 heterocycles. The summed E-state index contributed by atoms with van der Waals surface area (Å²) < 4.78 is 7.10. The van der Waals surface area contributed by atoms with E-state index in [2.05, 4.69) is 4.99 Å². The smallest absolute Gasteiger partial charge is 0.338 e. The molecule has 1 aliphatic rings. The lowest BCUT2D eigenvalue weighted by Gasteiger charge is -2.22. The average Bonchev–Trinajstić information content (AvgIpc) is 3.31. The van der Waals surface area contributed by atoms with Gasteiger partial charge in [-0.05, 0) is 42.1 Å². The van der Waals surface area contributed by atoms with Crippen LogP contribution in [-0.2, 0) is 9.53 Å². The summed E-state index contributed by atoms with van der Waals surface area (Å²) in [5.41, 5.74) is 1.62. The average molecular weight is 431 g/mol. The number of ether oxygens (including phenoxy) is 1. The zero-order chi connectivity index (χ0) is 19.8. The van der Waals surface area contributed by atoms with E-state index in [1.807, 2.05) is 35.7 Å². The van der Waals surface area contributed by atoms with E-state index in [-0.39, 0.29) is 5.56 Å². The lowest BCUT2D eigenvalue weighted by atomic mass is 10.0. The summed E-state index contributed by atoms with van der Waals surface area (Å²) in [4.78, 5) is 31.7. The van der Waals surface area contributed by atoms with Gasteiger partial charge < -0.3 is 4.74 Å². The first-order chi connectivity index (χ1) is 13.5. The third-order valence-electron chi connectivity index (χ3n) is 4.41. The van der Waals surface area contributed by atoms with Gasteiger partial charge in [0.15, 0.2) is 4.80 Å². The second-order valence-corrected chi connectivity index (χ2v) is 8.57. The third kappa shape index (κ3) is 3.26. The van der Waals surface area contributed by atoms with E-state index < -0.39 is 12.0 Å². The number of thiophene rings is 1. The first-order valence-corrected chi connectivity index (χ1v) is 10.5. The maximum Gasteiger partial charge on any atom is 0.338 e. The molecule has 1 unspecified atom stereocenters. The summed E-state index contributed by atoms with van der Waals surface area (Å²) in [6, 6.07) is 10.5. The fourth-order valence-electron chi connectivity index (χ4n) is 3.12. The highest BCUT2D eigenvalue weighted by atomic mass is 35.5. The van der Waals surface area contributed by atoms with E-state index >= 15 is 0 Å². The minimum atomic E-state index is -0.545. The number of fused-ring (bicyclic) bond motifs is 1. The number of aromatic nitrogens is 1. The number of thiazole rings is 1. The van der Waals surface area contributed by atoms with Crippen molar-refractivity contribution in [3.05, 3.63) is 88.2 Å². The Bertz CT molecular complexity index is 1250. The molecular weight excluding hydrogens is 416 g/mol. The molecule has 2 aromatic heterocycles. The second-order valence-electron chi connectivity index (χ2n) is 6.14. The number of hydrogen-bond donors (Lipinski definition) is 0. The van der Waals surface area contributed by atoms with Gasteiger partial charge in [0, 0.05) is 9.90 Å². The number of carbonyl (C=O) groups is 1. The van der Waals surface area contributed by atoms with Gasteiger partial charge in [-0.25, -0.2) is 9.79 Å². The predicted molar refractivity (Wildman–Crippen MR) is 112 cm³/mol. The molecule has 0 saturated heterocycles. The molecule has 142 valence electrons. The molecule has 8 heteroatoms. The lowest BCUT2D eigenvalue weighted by molar-refractivity contribution is -0.136. The monoisotopic (exact) mass is 430 g/mol. The van der Waals surface area contributed by atoms with E-state index in [0.29, 0.717) is 25.6 Å². The van der Waals surface area contributed by atoms with E-state index in [0.717, 1.165) is 10.4 Å². The van der Waals surface area contributed by atoms with E-state index in [9.17, 15) is 9.59 Å². The highest BCUT2D eigenvalue weighted by Crippen LogP contribution is 2.32. The van der Waals surface area contributed by atoms with Gasteiger partial charge in [0.25, 0.3) is 5.56 Å². The van der Waals surface area contributed by atoms with Crippen LogP contribution in [0.25, 0.3) is 6.08 Å². The number of nitrogens with zero attached hydrogens (tertiary/aromatic N) is 2. The molecule has 0 fully saturated rings. The molecule has 0 bridgehead atoms. The van der Waals surface area contributed by atoms with Crippen molar-refractivity contribution in [1.82, 2.24) is 4.57 Å². The summed E-state index contributed by atoms with van der Waals surface area (Å²) in [6.45, 7) is 1.77. The maximum atomic E-state index is 13.2. The second kappa shape index (κ2) is 7.50. The van der Waals surface area contributed by atoms with Crippen molar-refractivity contribution in [3.63, 3.8) is 0 Å². The molecule has 1 atom stereocenters. The van der Waals surface area contributed by atoms with Crippen molar-refractivity contribution in [1.29, 1.82) is 0 Å². The molecule has 0 radical (unpaired) electrons. The van der Waals surface area contributed by atoms with Crippen LogP contribution in [0, 0.1) is 0 Å². The molecule has 0 saturated carbocycles. The molecule has 4 rings (SSSR count). The van der Waals surface area contributed by atoms with Crippen molar-refractivity contribution in [2.24, 2.45) is 4.99 Å². The van der Waals surface area contributed by atoms with Crippen LogP contribution >= 0.6 is 34.3 Å². The summed E-state index contributed by atoms with van der Waals surface area (Å²) in [6.07, 6.45) is 1.81. The van der Waals surface area contributed by atoms with Crippen LogP contribution in [0.1, 0.15) is 23.4 Å². The van der Waals surface area contributed by atoms with Crippen LogP contribution in [0.2, 0.25) is 5.02 Å². The minimum Gasteiger partial charge on any atom is -0.466 e. The Morgan fingerprint density at radius 2 is 2.04 bits per heavy atom. The molecule has 28 heavy (non-hydrogen) atoms. The number of carbonyl (C=O) groups excluding carboxylic acids is 1. The normalized spacial score (nSPS) is 16.7. The Balaban J connectivity index is 1.96. The van der Waals surface area contributed by atoms with Crippen molar-refractivity contribution in [2.45, 2.75) is 13.0 Å². The van der Waals surface area contributed by atoms with Crippen LogP contribution in [0.15, 0.2) is 62.8 Å². The van der Waals surface area contributed by atoms with Gasteiger partial charge in [-0.1, -0.05) is 41.1 Å². The number of hydrogen-bond acceptors (Lipinski definition) is 6. The van der Waals surface area contributed by atoms with Crippen LogP contribution in [0.3, 0.4) is 0 Å². The molecule has 3 aromatic rings. The van der Waals surface area contributed by atoms with Gasteiger partial charge in [0.1, 0.15) is 6.04 Å². The van der Waals surface area contributed by atoms with Gasteiger partial charge >= 0.3 is 5.97 Å². The number of rotatable bonds is 3. The predicted octanol–water partition coefficient (Wildman–Crippen LogP) is 3.12. The summed E-state index contributed by atoms with van der Waals surface area (Å²) >= 11 is 8.73. The Kier molecular flexibility index (Phi) is 5.05. The van der Waals surface area contributed by atoms with Crippen LogP contribution < -0.4 is 14.9 Å². The SMILES string of the molecule is COC(=O)C1=C(C)N=c2s/c(=C/c3ccc(Cl)cc3)c(=O)n2C1c1cccs1. The fourth-order valence-corrected chi connectivity index (χ4v) is 5.12. The fraction of sp³-hybridized carbons (Fsp3) is 0.150. The number of allylic oxidation sites excluding steroid dienone is 1. The van der Waals surface area contributed by atoms with Gasteiger partial charge in [0.05, 0.1) is 22.9 Å². The van der Waals surface area contributed by atoms with Crippen molar-refractivity contribution >= 4 is 46.3 Å². The van der Waals surface area contributed by atoms with Gasteiger partial charge in [-0.15, -0.1) is 11.3 Å². The van der Waals surface area contributed by atoms with Crippen molar-refractivity contribution in [3.8, 4) is 0 Å². The zero-order valence-electron chi connectivity index (χ0n) is 15.0. The van der Waals surface area contributed by atoms with Gasteiger partial charge in [-0.3, -0.25) is 9.36 Å². The molecule has 0 aliphatic carbocycles. The number of methoxy groups -OCH3 is 1. The standard InChI is InChI=1S/C20H15ClN2O3S2/c1-11-16(19(25)26-2)17(14-4-3-9-27-14)23-18(24)15(28-20(23)22-11)10-12-5-7-13(21)8-6-12/h3-10,17H,1-2H3/b15-10+. The number of benzene rings is 1. The summed E-state index contributed by atoms with van der Waals surface area (Å²) in [7, 11) is 1.33. The third-order valence-corrected chi connectivity index (χ3v) is 6.57. The Labute approximate surface area is 173 Å². The molecule has 1 aromatic carbocycles. The lowest BCUT2D eigenvalue weighted by Crippen LogP contribution is -2.39. The molecule has 0 amide bonds. The highest BCUT2D eigenvalue weighted by molar-refractivity contribution is 7.10. The molecule has 0 N–H and O–H groups in total. The summed E-state index contributed by atoms with van der Waals surface area (Å²) in [5.74, 6) is -0.480. The summed E-state index contributed by atoms with van der Waals surface area (Å²) in [5, 5.41) is 2.55. The topological polar surface area (TPSA) is 60.7 Å². The Hall–Kier alpha value is -2.48. The van der Waals surface area contributed by atoms with Crippen molar-refractivity contribution in [2.75, 3.05) is 7.11 Å². The van der Waals surface area contributed by atoms with Crippen molar-refractivity contribution < 1.29 is 9.53 Å². The van der Waals surface area contributed by atoms with E-state index in [1.165, 1.54) is 29.8 Å². The quantitative estimate of drug-likeness (QED) is 0.600. The number of esters is 1. The first kappa shape index (κ1) is 18.9. The highest BCUT2D eigenvalue weighted by Gasteiger charge is 2.33. The first-order valence-electron chi connectivity index (χ1n) is 8.39. The van der Waals surface area contributed by atoms with Crippen LogP contribution in [0.4, 0.5) is 0 Å². The number of halogens is 1. The molecule has 5 nitrogen and oxygen atoms in total. The van der Waals surface area contributed by atoms with Crippen LogP contribution in [-0.4, -0.2) is 17.6 Å². The largest absolute Gasteiger partial charge is 0.466 e. The minimum absolute atomic E-state index is 0.189. The zero-order valence-corrected chi connectivity index (χ0v) is 17.4. The molecular formula is C20H15ClN2O3S2.